The number of carbonyl (C=O) groups excluding carboxylic acids is 1. The third kappa shape index (κ3) is 5.40. The molecule has 1 heterocycles. The average molecular weight is 363 g/mol. The molecule has 0 aromatic heterocycles. The van der Waals surface area contributed by atoms with Crippen LogP contribution in [-0.2, 0) is 4.79 Å². The van der Waals surface area contributed by atoms with Crippen molar-refractivity contribution in [3.8, 4) is 0 Å². The number of benzene rings is 1. The van der Waals surface area contributed by atoms with Crippen LogP contribution in [0.3, 0.4) is 0 Å². The van der Waals surface area contributed by atoms with E-state index < -0.39 is 0 Å². The molecule has 2 N–H and O–H groups in total. The average Bonchev–Trinajstić information content (AvgIpc) is 2.30. The van der Waals surface area contributed by atoms with Gasteiger partial charge >= 0.3 is 0 Å². The number of hydrogen-bond donors (Lipinski definition) is 2. The minimum absolute atomic E-state index is 0. The number of hydrogen-bond acceptors (Lipinski definition) is 3. The van der Waals surface area contributed by atoms with Gasteiger partial charge in [0, 0.05) is 35.3 Å². The lowest BCUT2D eigenvalue weighted by Crippen LogP contribution is -2.55. The van der Waals surface area contributed by atoms with E-state index in [0.29, 0.717) is 18.6 Å². The summed E-state index contributed by atoms with van der Waals surface area (Å²) in [5.41, 5.74) is 0.837. The summed E-state index contributed by atoms with van der Waals surface area (Å²) in [6.45, 7) is 6.58. The molecule has 112 valence electrons. The van der Waals surface area contributed by atoms with Crippen LogP contribution in [-0.4, -0.2) is 42.5 Å². The number of nitrogens with one attached hydrogen (secondary N) is 2. The van der Waals surface area contributed by atoms with E-state index in [0.717, 1.165) is 23.2 Å². The van der Waals surface area contributed by atoms with Crippen molar-refractivity contribution in [3.05, 3.63) is 28.7 Å². The second-order valence-electron chi connectivity index (χ2n) is 5.22. The molecule has 1 aliphatic heterocycles. The van der Waals surface area contributed by atoms with Crippen molar-refractivity contribution in [2.45, 2.75) is 25.9 Å². The van der Waals surface area contributed by atoms with Crippen molar-refractivity contribution < 1.29 is 4.79 Å². The first-order chi connectivity index (χ1) is 9.02. The van der Waals surface area contributed by atoms with Gasteiger partial charge in [0.1, 0.15) is 0 Å². The standard InChI is InChI=1S/C14H20BrN3O.ClH/c1-10-7-18(8-11(2)16-10)9-14(19)17-13-5-3-12(15)4-6-13;/h3-6,10-11,16H,7-9H2,1-2H3,(H,17,19);1H. The van der Waals surface area contributed by atoms with Crippen LogP contribution in [0.15, 0.2) is 28.7 Å². The van der Waals surface area contributed by atoms with Gasteiger partial charge in [-0.3, -0.25) is 9.69 Å². The van der Waals surface area contributed by atoms with Gasteiger partial charge in [-0.2, -0.15) is 0 Å². The summed E-state index contributed by atoms with van der Waals surface area (Å²) in [7, 11) is 0. The minimum Gasteiger partial charge on any atom is -0.325 e. The van der Waals surface area contributed by atoms with Crippen molar-refractivity contribution >= 4 is 39.9 Å². The highest BCUT2D eigenvalue weighted by Gasteiger charge is 2.22. The normalized spacial score (nSPS) is 22.9. The summed E-state index contributed by atoms with van der Waals surface area (Å²) >= 11 is 3.38. The summed E-state index contributed by atoms with van der Waals surface area (Å²) < 4.78 is 1.01. The van der Waals surface area contributed by atoms with Crippen molar-refractivity contribution in [2.75, 3.05) is 25.0 Å². The molecule has 0 spiro atoms. The molecule has 1 amide bonds. The zero-order valence-corrected chi connectivity index (χ0v) is 14.1. The molecular formula is C14H21BrClN3O. The van der Waals surface area contributed by atoms with E-state index >= 15 is 0 Å². The smallest absolute Gasteiger partial charge is 0.238 e. The Bertz CT molecular complexity index is 431. The van der Waals surface area contributed by atoms with Crippen LogP contribution in [0.2, 0.25) is 0 Å². The van der Waals surface area contributed by atoms with Crippen LogP contribution in [0, 0.1) is 0 Å². The van der Waals surface area contributed by atoms with Crippen molar-refractivity contribution in [2.24, 2.45) is 0 Å². The molecule has 1 aromatic rings. The Hall–Kier alpha value is -0.620. The molecule has 1 aliphatic rings. The summed E-state index contributed by atoms with van der Waals surface area (Å²) in [6.07, 6.45) is 0. The lowest BCUT2D eigenvalue weighted by Gasteiger charge is -2.35. The highest BCUT2D eigenvalue weighted by atomic mass is 79.9. The quantitative estimate of drug-likeness (QED) is 0.868. The monoisotopic (exact) mass is 361 g/mol. The molecule has 4 nitrogen and oxygen atoms in total. The Morgan fingerprint density at radius 1 is 1.30 bits per heavy atom. The van der Waals surface area contributed by atoms with Gasteiger partial charge in [0.15, 0.2) is 0 Å². The maximum atomic E-state index is 12.0. The highest BCUT2D eigenvalue weighted by molar-refractivity contribution is 9.10. The topological polar surface area (TPSA) is 44.4 Å². The Morgan fingerprint density at radius 2 is 1.85 bits per heavy atom. The van der Waals surface area contributed by atoms with E-state index in [-0.39, 0.29) is 18.3 Å². The van der Waals surface area contributed by atoms with Crippen LogP contribution in [0.25, 0.3) is 0 Å². The summed E-state index contributed by atoms with van der Waals surface area (Å²) in [6, 6.07) is 8.50. The molecule has 1 saturated heterocycles. The lowest BCUT2D eigenvalue weighted by atomic mass is 10.1. The molecule has 2 atom stereocenters. The lowest BCUT2D eigenvalue weighted by molar-refractivity contribution is -0.117. The summed E-state index contributed by atoms with van der Waals surface area (Å²) in [5.74, 6) is 0.0450. The fourth-order valence-electron chi connectivity index (χ4n) is 2.51. The first-order valence-electron chi connectivity index (χ1n) is 6.57. The molecule has 1 fully saturated rings. The van der Waals surface area contributed by atoms with Crippen LogP contribution in [0.4, 0.5) is 5.69 Å². The number of amides is 1. The van der Waals surface area contributed by atoms with Gasteiger partial charge in [-0.15, -0.1) is 12.4 Å². The van der Waals surface area contributed by atoms with Crippen molar-refractivity contribution in [1.82, 2.24) is 10.2 Å². The SMILES string of the molecule is CC1CN(CC(=O)Nc2ccc(Br)cc2)CC(C)N1.Cl. The van der Waals surface area contributed by atoms with Crippen LogP contribution in [0.1, 0.15) is 13.8 Å². The number of carbonyl (C=O) groups is 1. The third-order valence-electron chi connectivity index (χ3n) is 3.13. The van der Waals surface area contributed by atoms with Crippen molar-refractivity contribution in [1.29, 1.82) is 0 Å². The second kappa shape index (κ2) is 7.98. The van der Waals surface area contributed by atoms with E-state index in [1.807, 2.05) is 24.3 Å². The molecular weight excluding hydrogens is 342 g/mol. The van der Waals surface area contributed by atoms with Gasteiger partial charge in [-0.05, 0) is 38.1 Å². The molecule has 20 heavy (non-hydrogen) atoms. The van der Waals surface area contributed by atoms with Gasteiger partial charge < -0.3 is 10.6 Å². The maximum Gasteiger partial charge on any atom is 0.238 e. The Balaban J connectivity index is 0.00000200. The summed E-state index contributed by atoms with van der Waals surface area (Å²) in [4.78, 5) is 14.2. The van der Waals surface area contributed by atoms with E-state index in [2.05, 4.69) is 45.3 Å². The maximum absolute atomic E-state index is 12.0. The van der Waals surface area contributed by atoms with Crippen LogP contribution in [0.5, 0.6) is 0 Å². The Kier molecular flexibility index (Phi) is 6.95. The van der Waals surface area contributed by atoms with Crippen LogP contribution >= 0.6 is 28.3 Å². The fraction of sp³-hybridized carbons (Fsp3) is 0.500. The van der Waals surface area contributed by atoms with E-state index in [1.54, 1.807) is 0 Å². The fourth-order valence-corrected chi connectivity index (χ4v) is 2.77. The second-order valence-corrected chi connectivity index (χ2v) is 6.13. The predicted molar refractivity (Wildman–Crippen MR) is 88.5 cm³/mol. The minimum atomic E-state index is 0. The molecule has 0 aliphatic carbocycles. The molecule has 2 unspecified atom stereocenters. The number of halogens is 2. The Morgan fingerprint density at radius 3 is 2.40 bits per heavy atom. The summed E-state index contributed by atoms with van der Waals surface area (Å²) in [5, 5.41) is 6.38. The molecule has 0 bridgehead atoms. The van der Waals surface area contributed by atoms with E-state index in [1.165, 1.54) is 0 Å². The first kappa shape index (κ1) is 17.4. The van der Waals surface area contributed by atoms with Gasteiger partial charge in [0.05, 0.1) is 6.54 Å². The van der Waals surface area contributed by atoms with Gasteiger partial charge in [-0.1, -0.05) is 15.9 Å². The highest BCUT2D eigenvalue weighted by Crippen LogP contribution is 2.14. The van der Waals surface area contributed by atoms with Crippen molar-refractivity contribution in [3.63, 3.8) is 0 Å². The molecule has 0 radical (unpaired) electrons. The number of rotatable bonds is 3. The van der Waals surface area contributed by atoms with E-state index in [4.69, 9.17) is 0 Å². The van der Waals surface area contributed by atoms with Crippen LogP contribution < -0.4 is 10.6 Å². The first-order valence-corrected chi connectivity index (χ1v) is 7.36. The molecule has 0 saturated carbocycles. The number of anilines is 1. The molecule has 2 rings (SSSR count). The number of nitrogens with zero attached hydrogens (tertiary/aromatic N) is 1. The molecule has 6 heteroatoms. The Labute approximate surface area is 134 Å². The zero-order valence-electron chi connectivity index (χ0n) is 11.7. The number of piperazine rings is 1. The third-order valence-corrected chi connectivity index (χ3v) is 3.66. The molecule has 1 aromatic carbocycles. The predicted octanol–water partition coefficient (Wildman–Crippen LogP) is 2.49. The zero-order chi connectivity index (χ0) is 13.8. The van der Waals surface area contributed by atoms with Gasteiger partial charge in [0.25, 0.3) is 0 Å². The largest absolute Gasteiger partial charge is 0.325 e. The van der Waals surface area contributed by atoms with Gasteiger partial charge in [-0.25, -0.2) is 0 Å². The van der Waals surface area contributed by atoms with Gasteiger partial charge in [0.2, 0.25) is 5.91 Å². The van der Waals surface area contributed by atoms with E-state index in [9.17, 15) is 4.79 Å².